The number of alkyl halides is 3. The molecule has 0 saturated heterocycles. The van der Waals surface area contributed by atoms with Crippen LogP contribution in [-0.2, 0) is 0 Å². The molecule has 1 unspecified atom stereocenters. The van der Waals surface area contributed by atoms with Crippen molar-refractivity contribution >= 4 is 0 Å². The lowest BCUT2D eigenvalue weighted by atomic mass is 9.92. The normalized spacial score (nSPS) is 20.6. The molecule has 1 aliphatic rings. The van der Waals surface area contributed by atoms with Crippen LogP contribution in [0.1, 0.15) is 52.9 Å². The zero-order chi connectivity index (χ0) is 13.1. The highest BCUT2D eigenvalue weighted by Crippen LogP contribution is 2.51. The standard InChI is InChI=1S/C13H24F3N/c1-10(2)12(7-8-12)9-17-11(3)5-4-6-13(14,15)16/h10-11,17H,4-9H2,1-3H3. The van der Waals surface area contributed by atoms with Crippen LogP contribution in [0.4, 0.5) is 13.2 Å². The Morgan fingerprint density at radius 2 is 1.76 bits per heavy atom. The minimum atomic E-state index is -4.00. The van der Waals surface area contributed by atoms with E-state index in [2.05, 4.69) is 19.2 Å². The molecule has 0 bridgehead atoms. The number of rotatable bonds is 7. The van der Waals surface area contributed by atoms with Gasteiger partial charge in [0.2, 0.25) is 0 Å². The largest absolute Gasteiger partial charge is 0.389 e. The Hall–Kier alpha value is -0.250. The van der Waals surface area contributed by atoms with Gasteiger partial charge in [-0.1, -0.05) is 13.8 Å². The second kappa shape index (κ2) is 5.59. The molecule has 4 heteroatoms. The first-order valence-corrected chi connectivity index (χ1v) is 6.55. The maximum Gasteiger partial charge on any atom is 0.389 e. The van der Waals surface area contributed by atoms with Crippen molar-refractivity contribution in [3.05, 3.63) is 0 Å². The average molecular weight is 251 g/mol. The molecule has 0 aromatic carbocycles. The molecule has 1 saturated carbocycles. The van der Waals surface area contributed by atoms with E-state index < -0.39 is 12.6 Å². The van der Waals surface area contributed by atoms with Crippen LogP contribution in [0.25, 0.3) is 0 Å². The molecule has 0 aromatic rings. The summed E-state index contributed by atoms with van der Waals surface area (Å²) >= 11 is 0. The van der Waals surface area contributed by atoms with Crippen molar-refractivity contribution in [3.63, 3.8) is 0 Å². The van der Waals surface area contributed by atoms with Crippen LogP contribution in [0.15, 0.2) is 0 Å². The highest BCUT2D eigenvalue weighted by atomic mass is 19.4. The lowest BCUT2D eigenvalue weighted by molar-refractivity contribution is -0.135. The van der Waals surface area contributed by atoms with Crippen LogP contribution in [0.2, 0.25) is 0 Å². The minimum absolute atomic E-state index is 0.188. The summed E-state index contributed by atoms with van der Waals surface area (Å²) in [5, 5.41) is 3.39. The molecule has 1 rings (SSSR count). The van der Waals surface area contributed by atoms with E-state index in [9.17, 15) is 13.2 Å². The average Bonchev–Trinajstić information content (AvgIpc) is 2.93. The van der Waals surface area contributed by atoms with Crippen LogP contribution in [-0.4, -0.2) is 18.8 Å². The van der Waals surface area contributed by atoms with Gasteiger partial charge in [-0.2, -0.15) is 13.2 Å². The topological polar surface area (TPSA) is 12.0 Å². The molecule has 1 N–H and O–H groups in total. The number of nitrogens with one attached hydrogen (secondary N) is 1. The maximum absolute atomic E-state index is 12.0. The van der Waals surface area contributed by atoms with Gasteiger partial charge < -0.3 is 5.32 Å². The van der Waals surface area contributed by atoms with Crippen molar-refractivity contribution < 1.29 is 13.2 Å². The third kappa shape index (κ3) is 5.28. The van der Waals surface area contributed by atoms with E-state index in [1.165, 1.54) is 12.8 Å². The van der Waals surface area contributed by atoms with Crippen LogP contribution in [0.5, 0.6) is 0 Å². The molecule has 17 heavy (non-hydrogen) atoms. The van der Waals surface area contributed by atoms with Gasteiger partial charge in [0.1, 0.15) is 0 Å². The van der Waals surface area contributed by atoms with E-state index in [4.69, 9.17) is 0 Å². The van der Waals surface area contributed by atoms with Gasteiger partial charge in [0.05, 0.1) is 0 Å². The second-order valence-electron chi connectivity index (χ2n) is 5.81. The predicted molar refractivity (Wildman–Crippen MR) is 63.9 cm³/mol. The molecule has 1 aliphatic carbocycles. The zero-order valence-corrected chi connectivity index (χ0v) is 11.0. The molecular weight excluding hydrogens is 227 g/mol. The van der Waals surface area contributed by atoms with Crippen molar-refractivity contribution in [1.29, 1.82) is 0 Å². The summed E-state index contributed by atoms with van der Waals surface area (Å²) in [7, 11) is 0. The lowest BCUT2D eigenvalue weighted by Crippen LogP contribution is -2.34. The van der Waals surface area contributed by atoms with Crippen molar-refractivity contribution in [3.8, 4) is 0 Å². The predicted octanol–water partition coefficient (Wildman–Crippen LogP) is 4.13. The van der Waals surface area contributed by atoms with Crippen molar-refractivity contribution in [2.24, 2.45) is 11.3 Å². The van der Waals surface area contributed by atoms with E-state index in [0.717, 1.165) is 6.54 Å². The van der Waals surface area contributed by atoms with Gasteiger partial charge in [0.15, 0.2) is 0 Å². The fraction of sp³-hybridized carbons (Fsp3) is 1.00. The Morgan fingerprint density at radius 1 is 1.18 bits per heavy atom. The third-order valence-corrected chi connectivity index (χ3v) is 4.02. The van der Waals surface area contributed by atoms with Gasteiger partial charge in [-0.3, -0.25) is 0 Å². The summed E-state index contributed by atoms with van der Waals surface area (Å²) in [6, 6.07) is 0.188. The molecule has 1 nitrogen and oxygen atoms in total. The van der Waals surface area contributed by atoms with Gasteiger partial charge >= 0.3 is 6.18 Å². The molecule has 0 amide bonds. The second-order valence-corrected chi connectivity index (χ2v) is 5.81. The van der Waals surface area contributed by atoms with E-state index in [0.29, 0.717) is 17.8 Å². The summed E-state index contributed by atoms with van der Waals surface area (Å²) in [5.41, 5.74) is 0.429. The molecule has 0 aliphatic heterocycles. The van der Waals surface area contributed by atoms with Gasteiger partial charge in [-0.05, 0) is 43.9 Å². The monoisotopic (exact) mass is 251 g/mol. The summed E-state index contributed by atoms with van der Waals surface area (Å²) in [4.78, 5) is 0. The van der Waals surface area contributed by atoms with Crippen molar-refractivity contribution in [1.82, 2.24) is 5.32 Å². The highest BCUT2D eigenvalue weighted by Gasteiger charge is 2.44. The van der Waals surface area contributed by atoms with Crippen LogP contribution < -0.4 is 5.32 Å². The Labute approximate surface area is 102 Å². The van der Waals surface area contributed by atoms with Gasteiger partial charge in [-0.25, -0.2) is 0 Å². The van der Waals surface area contributed by atoms with E-state index in [-0.39, 0.29) is 12.5 Å². The summed E-state index contributed by atoms with van der Waals surface area (Å²) in [5.74, 6) is 0.664. The van der Waals surface area contributed by atoms with E-state index in [1.807, 2.05) is 6.92 Å². The summed E-state index contributed by atoms with van der Waals surface area (Å²) in [6.45, 7) is 7.39. The smallest absolute Gasteiger partial charge is 0.314 e. The molecule has 0 spiro atoms. The van der Waals surface area contributed by atoms with Crippen LogP contribution in [0, 0.1) is 11.3 Å². The molecule has 0 aromatic heterocycles. The molecule has 1 fully saturated rings. The number of hydrogen-bond donors (Lipinski definition) is 1. The fourth-order valence-electron chi connectivity index (χ4n) is 2.21. The van der Waals surface area contributed by atoms with Crippen molar-refractivity contribution in [2.75, 3.05) is 6.54 Å². The lowest BCUT2D eigenvalue weighted by Gasteiger charge is -2.23. The highest BCUT2D eigenvalue weighted by molar-refractivity contribution is 4.97. The third-order valence-electron chi connectivity index (χ3n) is 4.02. The SMILES string of the molecule is CC(CCCC(F)(F)F)NCC1(C(C)C)CC1. The number of halogens is 3. The van der Waals surface area contributed by atoms with Gasteiger partial charge in [0.25, 0.3) is 0 Å². The first-order valence-electron chi connectivity index (χ1n) is 6.55. The molecule has 102 valence electrons. The Kier molecular flexibility index (Phi) is 4.87. The van der Waals surface area contributed by atoms with Crippen LogP contribution in [0.3, 0.4) is 0 Å². The van der Waals surface area contributed by atoms with Gasteiger partial charge in [-0.15, -0.1) is 0 Å². The Bertz CT molecular complexity index is 231. The minimum Gasteiger partial charge on any atom is -0.314 e. The fourth-order valence-corrected chi connectivity index (χ4v) is 2.21. The van der Waals surface area contributed by atoms with E-state index >= 15 is 0 Å². The molecule has 1 atom stereocenters. The first-order chi connectivity index (χ1) is 7.75. The zero-order valence-electron chi connectivity index (χ0n) is 11.0. The molecular formula is C13H24F3N. The Balaban J connectivity index is 2.12. The van der Waals surface area contributed by atoms with E-state index in [1.54, 1.807) is 0 Å². The van der Waals surface area contributed by atoms with Crippen LogP contribution >= 0.6 is 0 Å². The summed E-state index contributed by atoms with van der Waals surface area (Å²) in [6.07, 6.45) is -1.32. The first kappa shape index (κ1) is 14.8. The molecule has 0 heterocycles. The summed E-state index contributed by atoms with van der Waals surface area (Å²) < 4.78 is 35.9. The molecule has 0 radical (unpaired) electrons. The Morgan fingerprint density at radius 3 is 2.18 bits per heavy atom. The van der Waals surface area contributed by atoms with Crippen molar-refractivity contribution in [2.45, 2.75) is 65.1 Å². The van der Waals surface area contributed by atoms with Gasteiger partial charge in [0, 0.05) is 19.0 Å². The quantitative estimate of drug-likeness (QED) is 0.717. The number of hydrogen-bond acceptors (Lipinski definition) is 1. The maximum atomic E-state index is 12.0.